The number of carbonyl (C=O) groups is 1. The fraction of sp³-hybridized carbons (Fsp3) is 0.273. The van der Waals surface area contributed by atoms with Crippen molar-refractivity contribution in [2.75, 3.05) is 7.05 Å². The molecule has 138 valence electrons. The Hall–Kier alpha value is -2.66. The van der Waals surface area contributed by atoms with Crippen LogP contribution >= 0.6 is 11.3 Å². The van der Waals surface area contributed by atoms with Crippen molar-refractivity contribution in [3.05, 3.63) is 65.4 Å². The molecule has 0 fully saturated rings. The minimum Gasteiger partial charge on any atom is -0.459 e. The largest absolute Gasteiger partial charge is 0.459 e. The Morgan fingerprint density at radius 1 is 1.19 bits per heavy atom. The van der Waals surface area contributed by atoms with Crippen LogP contribution in [-0.2, 0) is 11.2 Å². The van der Waals surface area contributed by atoms with Crippen molar-refractivity contribution in [1.29, 1.82) is 0 Å². The fourth-order valence-corrected chi connectivity index (χ4v) is 4.22. The Kier molecular flexibility index (Phi) is 4.94. The van der Waals surface area contributed by atoms with Gasteiger partial charge in [-0.25, -0.2) is 4.98 Å². The van der Waals surface area contributed by atoms with Crippen molar-refractivity contribution >= 4 is 38.4 Å². The maximum Gasteiger partial charge on any atom is 0.222 e. The number of benzene rings is 2. The Bertz CT molecular complexity index is 1020. The average molecular weight is 378 g/mol. The lowest BCUT2D eigenvalue weighted by atomic mass is 10.1. The van der Waals surface area contributed by atoms with Gasteiger partial charge in [-0.05, 0) is 44.0 Å². The molecule has 4 aromatic rings. The van der Waals surface area contributed by atoms with Crippen LogP contribution in [0.5, 0.6) is 0 Å². The van der Waals surface area contributed by atoms with Crippen LogP contribution in [0, 0.1) is 0 Å². The second kappa shape index (κ2) is 7.53. The molecule has 1 amide bonds. The summed E-state index contributed by atoms with van der Waals surface area (Å²) >= 11 is 1.71. The number of para-hydroxylation sites is 2. The molecule has 2 heterocycles. The van der Waals surface area contributed by atoms with E-state index in [1.54, 1.807) is 16.2 Å². The van der Waals surface area contributed by atoms with Gasteiger partial charge in [0, 0.05) is 18.9 Å². The van der Waals surface area contributed by atoms with E-state index in [4.69, 9.17) is 4.42 Å². The normalized spacial score (nSPS) is 12.5. The average Bonchev–Trinajstić information content (AvgIpc) is 3.30. The van der Waals surface area contributed by atoms with Crippen molar-refractivity contribution in [2.45, 2.75) is 32.2 Å². The van der Waals surface area contributed by atoms with Crippen LogP contribution in [0.1, 0.15) is 36.6 Å². The quantitative estimate of drug-likeness (QED) is 0.440. The predicted molar refractivity (Wildman–Crippen MR) is 110 cm³/mol. The summed E-state index contributed by atoms with van der Waals surface area (Å²) in [6.45, 7) is 2.00. The molecule has 27 heavy (non-hydrogen) atoms. The Morgan fingerprint density at radius 2 is 1.96 bits per heavy atom. The van der Waals surface area contributed by atoms with Gasteiger partial charge in [0.25, 0.3) is 0 Å². The molecular weight excluding hydrogens is 356 g/mol. The van der Waals surface area contributed by atoms with E-state index < -0.39 is 0 Å². The molecule has 0 bridgehead atoms. The number of fused-ring (bicyclic) bond motifs is 2. The first kappa shape index (κ1) is 17.7. The first-order chi connectivity index (χ1) is 13.1. The second-order valence-electron chi connectivity index (χ2n) is 6.80. The van der Waals surface area contributed by atoms with Crippen LogP contribution in [0.2, 0.25) is 0 Å². The number of hydrogen-bond acceptors (Lipinski definition) is 4. The molecule has 0 radical (unpaired) electrons. The van der Waals surface area contributed by atoms with Crippen molar-refractivity contribution in [3.8, 4) is 0 Å². The smallest absolute Gasteiger partial charge is 0.222 e. The van der Waals surface area contributed by atoms with Crippen molar-refractivity contribution < 1.29 is 9.21 Å². The standard InChI is InChI=1S/C22H22N2O2S/c1-15(19-14-16-8-3-5-10-18(16)26-19)24(2)22(25)13-7-12-21-23-17-9-4-6-11-20(17)27-21/h3-6,8-11,14-15H,7,12-13H2,1-2H3/t15-/m1/s1. The summed E-state index contributed by atoms with van der Waals surface area (Å²) in [6.07, 6.45) is 2.14. The zero-order valence-corrected chi connectivity index (χ0v) is 16.3. The highest BCUT2D eigenvalue weighted by molar-refractivity contribution is 7.18. The highest BCUT2D eigenvalue weighted by Crippen LogP contribution is 2.27. The highest BCUT2D eigenvalue weighted by atomic mass is 32.1. The van der Waals surface area contributed by atoms with Gasteiger partial charge < -0.3 is 9.32 Å². The van der Waals surface area contributed by atoms with E-state index in [1.807, 2.05) is 62.5 Å². The number of carbonyl (C=O) groups excluding carboxylic acids is 1. The van der Waals surface area contributed by atoms with Gasteiger partial charge in [-0.15, -0.1) is 11.3 Å². The highest BCUT2D eigenvalue weighted by Gasteiger charge is 2.20. The number of hydrogen-bond donors (Lipinski definition) is 0. The minimum absolute atomic E-state index is 0.0904. The molecule has 1 atom stereocenters. The lowest BCUT2D eigenvalue weighted by Crippen LogP contribution is -2.29. The van der Waals surface area contributed by atoms with Crippen LogP contribution in [0.25, 0.3) is 21.2 Å². The second-order valence-corrected chi connectivity index (χ2v) is 7.91. The monoisotopic (exact) mass is 378 g/mol. The van der Waals surface area contributed by atoms with Gasteiger partial charge in [0.1, 0.15) is 11.3 Å². The number of nitrogens with zero attached hydrogens (tertiary/aromatic N) is 2. The topological polar surface area (TPSA) is 46.3 Å². The summed E-state index contributed by atoms with van der Waals surface area (Å²) in [6, 6.07) is 18.0. The third-order valence-electron chi connectivity index (χ3n) is 4.95. The molecule has 2 aromatic carbocycles. The molecule has 0 saturated carbocycles. The Balaban J connectivity index is 1.35. The molecule has 0 aliphatic carbocycles. The van der Waals surface area contributed by atoms with E-state index in [2.05, 4.69) is 11.1 Å². The molecule has 0 unspecified atom stereocenters. The lowest BCUT2D eigenvalue weighted by Gasteiger charge is -2.23. The van der Waals surface area contributed by atoms with Gasteiger partial charge in [0.2, 0.25) is 5.91 Å². The molecule has 0 aliphatic rings. The summed E-state index contributed by atoms with van der Waals surface area (Å²) in [4.78, 5) is 19.0. The van der Waals surface area contributed by atoms with Gasteiger partial charge in [-0.1, -0.05) is 30.3 Å². The van der Waals surface area contributed by atoms with E-state index in [-0.39, 0.29) is 11.9 Å². The number of thiazole rings is 1. The van der Waals surface area contributed by atoms with E-state index >= 15 is 0 Å². The van der Waals surface area contributed by atoms with Crippen molar-refractivity contribution in [1.82, 2.24) is 9.88 Å². The third kappa shape index (κ3) is 3.74. The summed E-state index contributed by atoms with van der Waals surface area (Å²) < 4.78 is 7.11. The predicted octanol–water partition coefficient (Wildman–Crippen LogP) is 5.58. The fourth-order valence-electron chi connectivity index (χ4n) is 3.21. The Labute approximate surface area is 162 Å². The van der Waals surface area contributed by atoms with E-state index in [1.165, 1.54) is 4.70 Å². The van der Waals surface area contributed by atoms with Gasteiger partial charge in [-0.2, -0.15) is 0 Å². The van der Waals surface area contributed by atoms with Crippen LogP contribution in [0.3, 0.4) is 0 Å². The van der Waals surface area contributed by atoms with Crippen molar-refractivity contribution in [2.24, 2.45) is 0 Å². The Morgan fingerprint density at radius 3 is 2.78 bits per heavy atom. The molecule has 2 aromatic heterocycles. The molecular formula is C22H22N2O2S. The maximum atomic E-state index is 12.6. The first-order valence-electron chi connectivity index (χ1n) is 9.20. The summed E-state index contributed by atoms with van der Waals surface area (Å²) in [5.74, 6) is 0.947. The maximum absolute atomic E-state index is 12.6. The summed E-state index contributed by atoms with van der Waals surface area (Å²) in [7, 11) is 1.85. The van der Waals surface area contributed by atoms with Crippen LogP contribution in [-0.4, -0.2) is 22.8 Å². The molecule has 0 aliphatic heterocycles. The van der Waals surface area contributed by atoms with Crippen LogP contribution in [0.4, 0.5) is 0 Å². The lowest BCUT2D eigenvalue weighted by molar-refractivity contribution is -0.132. The van der Waals surface area contributed by atoms with Gasteiger partial charge in [-0.3, -0.25) is 4.79 Å². The summed E-state index contributed by atoms with van der Waals surface area (Å²) in [5, 5.41) is 2.16. The van der Waals surface area contributed by atoms with E-state index in [0.29, 0.717) is 6.42 Å². The minimum atomic E-state index is -0.0904. The molecule has 0 spiro atoms. The van der Waals surface area contributed by atoms with Gasteiger partial charge in [0.05, 0.1) is 21.3 Å². The molecule has 5 heteroatoms. The zero-order chi connectivity index (χ0) is 18.8. The number of furan rings is 1. The number of aryl methyl sites for hydroxylation is 1. The molecule has 4 nitrogen and oxygen atoms in total. The molecule has 4 rings (SSSR count). The molecule has 0 N–H and O–H groups in total. The number of amides is 1. The van der Waals surface area contributed by atoms with E-state index in [0.717, 1.165) is 40.1 Å². The molecule has 0 saturated heterocycles. The number of aromatic nitrogens is 1. The SMILES string of the molecule is C[C@H](c1cc2ccccc2o1)N(C)C(=O)CCCc1nc2ccccc2s1. The zero-order valence-electron chi connectivity index (χ0n) is 15.5. The first-order valence-corrected chi connectivity index (χ1v) is 10.0. The van der Waals surface area contributed by atoms with Crippen molar-refractivity contribution in [3.63, 3.8) is 0 Å². The number of rotatable bonds is 6. The third-order valence-corrected chi connectivity index (χ3v) is 6.05. The van der Waals surface area contributed by atoms with Crippen LogP contribution < -0.4 is 0 Å². The van der Waals surface area contributed by atoms with Gasteiger partial charge in [0.15, 0.2) is 0 Å². The van der Waals surface area contributed by atoms with E-state index in [9.17, 15) is 4.79 Å². The van der Waals surface area contributed by atoms with Gasteiger partial charge >= 0.3 is 0 Å². The summed E-state index contributed by atoms with van der Waals surface area (Å²) in [5.41, 5.74) is 1.90. The van der Waals surface area contributed by atoms with Crippen LogP contribution in [0.15, 0.2) is 59.0 Å².